The van der Waals surface area contributed by atoms with Crippen LogP contribution in [-0.4, -0.2) is 23.0 Å². The highest BCUT2D eigenvalue weighted by Crippen LogP contribution is 2.22. The molecular weight excluding hydrogens is 278 g/mol. The summed E-state index contributed by atoms with van der Waals surface area (Å²) < 4.78 is 5.14. The molecule has 22 heavy (non-hydrogen) atoms. The molecule has 2 rings (SSSR count). The van der Waals surface area contributed by atoms with Gasteiger partial charge in [-0.2, -0.15) is 0 Å². The van der Waals surface area contributed by atoms with E-state index in [1.807, 2.05) is 45.0 Å². The summed E-state index contributed by atoms with van der Waals surface area (Å²) in [6.45, 7) is 5.71. The summed E-state index contributed by atoms with van der Waals surface area (Å²) in [6.07, 6.45) is 2.46. The predicted octanol–water partition coefficient (Wildman–Crippen LogP) is 3.45. The molecule has 1 aromatic carbocycles. The summed E-state index contributed by atoms with van der Waals surface area (Å²) in [7, 11) is 1.63. The fraction of sp³-hybridized carbons (Fsp3) is 0.353. The van der Waals surface area contributed by atoms with Crippen LogP contribution in [0.2, 0.25) is 0 Å². The SMILES string of the molecule is CCC(C)C(=O)Nc1ncc(-c2ccc(OC)cc2)nc1C. The van der Waals surface area contributed by atoms with E-state index in [4.69, 9.17) is 4.74 Å². The van der Waals surface area contributed by atoms with Crippen LogP contribution in [0.4, 0.5) is 5.82 Å². The molecule has 0 saturated heterocycles. The van der Waals surface area contributed by atoms with Gasteiger partial charge < -0.3 is 10.1 Å². The first-order chi connectivity index (χ1) is 10.5. The number of ether oxygens (including phenoxy) is 1. The first-order valence-electron chi connectivity index (χ1n) is 7.34. The van der Waals surface area contributed by atoms with E-state index in [9.17, 15) is 4.79 Å². The van der Waals surface area contributed by atoms with Gasteiger partial charge in [0.1, 0.15) is 5.75 Å². The Balaban J connectivity index is 2.20. The maximum atomic E-state index is 11.9. The third-order valence-corrected chi connectivity index (χ3v) is 3.63. The monoisotopic (exact) mass is 299 g/mol. The van der Waals surface area contributed by atoms with E-state index in [2.05, 4.69) is 15.3 Å². The number of benzene rings is 1. The maximum Gasteiger partial charge on any atom is 0.228 e. The molecule has 1 unspecified atom stereocenters. The number of hydrogen-bond acceptors (Lipinski definition) is 4. The summed E-state index contributed by atoms with van der Waals surface area (Å²) in [5, 5.41) is 2.83. The van der Waals surface area contributed by atoms with Crippen LogP contribution in [0.1, 0.15) is 26.0 Å². The molecule has 0 saturated carbocycles. The number of anilines is 1. The largest absolute Gasteiger partial charge is 0.497 e. The highest BCUT2D eigenvalue weighted by molar-refractivity contribution is 5.91. The summed E-state index contributed by atoms with van der Waals surface area (Å²) in [5.41, 5.74) is 2.42. The second kappa shape index (κ2) is 7.02. The lowest BCUT2D eigenvalue weighted by Gasteiger charge is -2.11. The van der Waals surface area contributed by atoms with Gasteiger partial charge in [-0.1, -0.05) is 13.8 Å². The highest BCUT2D eigenvalue weighted by atomic mass is 16.5. The van der Waals surface area contributed by atoms with Crippen LogP contribution in [-0.2, 0) is 4.79 Å². The Kier molecular flexibility index (Phi) is 5.09. The molecule has 1 atom stereocenters. The number of nitrogens with one attached hydrogen (secondary N) is 1. The minimum absolute atomic E-state index is 0.0305. The summed E-state index contributed by atoms with van der Waals surface area (Å²) in [6, 6.07) is 7.62. The van der Waals surface area contributed by atoms with Gasteiger partial charge in [0.05, 0.1) is 24.7 Å². The first kappa shape index (κ1) is 15.9. The molecule has 116 valence electrons. The van der Waals surface area contributed by atoms with Gasteiger partial charge in [0.2, 0.25) is 5.91 Å². The van der Waals surface area contributed by atoms with Gasteiger partial charge in [-0.15, -0.1) is 0 Å². The Morgan fingerprint density at radius 1 is 1.32 bits per heavy atom. The van der Waals surface area contributed by atoms with Crippen molar-refractivity contribution in [1.29, 1.82) is 0 Å². The third kappa shape index (κ3) is 3.61. The van der Waals surface area contributed by atoms with Crippen molar-refractivity contribution < 1.29 is 9.53 Å². The average molecular weight is 299 g/mol. The zero-order valence-electron chi connectivity index (χ0n) is 13.4. The second-order valence-electron chi connectivity index (χ2n) is 5.22. The van der Waals surface area contributed by atoms with Crippen molar-refractivity contribution in [1.82, 2.24) is 9.97 Å². The lowest BCUT2D eigenvalue weighted by Crippen LogP contribution is -2.21. The fourth-order valence-corrected chi connectivity index (χ4v) is 1.93. The molecule has 1 heterocycles. The van der Waals surface area contributed by atoms with Gasteiger partial charge in [0, 0.05) is 11.5 Å². The standard InChI is InChI=1S/C17H21N3O2/c1-5-11(2)17(21)20-16-12(3)19-15(10-18-16)13-6-8-14(22-4)9-7-13/h6-11H,5H2,1-4H3,(H,18,20,21). The molecule has 0 fully saturated rings. The molecule has 0 spiro atoms. The quantitative estimate of drug-likeness (QED) is 0.918. The fourth-order valence-electron chi connectivity index (χ4n) is 1.93. The van der Waals surface area contributed by atoms with Crippen molar-refractivity contribution >= 4 is 11.7 Å². The van der Waals surface area contributed by atoms with E-state index in [0.717, 1.165) is 23.4 Å². The van der Waals surface area contributed by atoms with Crippen LogP contribution >= 0.6 is 0 Å². The van der Waals surface area contributed by atoms with E-state index in [1.165, 1.54) is 0 Å². The molecule has 2 aromatic rings. The van der Waals surface area contributed by atoms with Crippen molar-refractivity contribution in [2.75, 3.05) is 12.4 Å². The van der Waals surface area contributed by atoms with E-state index in [0.29, 0.717) is 11.5 Å². The van der Waals surface area contributed by atoms with Gasteiger partial charge in [-0.25, -0.2) is 9.97 Å². The van der Waals surface area contributed by atoms with Crippen molar-refractivity contribution in [2.45, 2.75) is 27.2 Å². The van der Waals surface area contributed by atoms with Gasteiger partial charge >= 0.3 is 0 Å². The highest BCUT2D eigenvalue weighted by Gasteiger charge is 2.13. The predicted molar refractivity (Wildman–Crippen MR) is 86.8 cm³/mol. The number of rotatable bonds is 5. The Morgan fingerprint density at radius 3 is 2.55 bits per heavy atom. The topological polar surface area (TPSA) is 64.1 Å². The van der Waals surface area contributed by atoms with Crippen LogP contribution < -0.4 is 10.1 Å². The summed E-state index contributed by atoms with van der Waals surface area (Å²) >= 11 is 0. The average Bonchev–Trinajstić information content (AvgIpc) is 2.55. The van der Waals surface area contributed by atoms with Crippen molar-refractivity contribution in [3.63, 3.8) is 0 Å². The molecular formula is C17H21N3O2. The van der Waals surface area contributed by atoms with E-state index >= 15 is 0 Å². The lowest BCUT2D eigenvalue weighted by molar-refractivity contribution is -0.119. The van der Waals surface area contributed by atoms with Crippen molar-refractivity contribution in [3.05, 3.63) is 36.2 Å². The lowest BCUT2D eigenvalue weighted by atomic mass is 10.1. The Hall–Kier alpha value is -2.43. The van der Waals surface area contributed by atoms with Crippen LogP contribution in [0.25, 0.3) is 11.3 Å². The molecule has 0 radical (unpaired) electrons. The van der Waals surface area contributed by atoms with Crippen LogP contribution in [0.3, 0.4) is 0 Å². The van der Waals surface area contributed by atoms with E-state index in [1.54, 1.807) is 13.3 Å². The van der Waals surface area contributed by atoms with Gasteiger partial charge in [-0.3, -0.25) is 4.79 Å². The van der Waals surface area contributed by atoms with E-state index < -0.39 is 0 Å². The molecule has 0 aliphatic carbocycles. The number of amides is 1. The third-order valence-electron chi connectivity index (χ3n) is 3.63. The summed E-state index contributed by atoms with van der Waals surface area (Å²) in [4.78, 5) is 20.8. The number of methoxy groups -OCH3 is 1. The normalized spacial score (nSPS) is 11.8. The number of aryl methyl sites for hydroxylation is 1. The molecule has 1 amide bonds. The van der Waals surface area contributed by atoms with Gasteiger partial charge in [0.25, 0.3) is 0 Å². The minimum Gasteiger partial charge on any atom is -0.497 e. The zero-order chi connectivity index (χ0) is 16.1. The van der Waals surface area contributed by atoms with E-state index in [-0.39, 0.29) is 11.8 Å². The second-order valence-corrected chi connectivity index (χ2v) is 5.22. The van der Waals surface area contributed by atoms with Crippen molar-refractivity contribution in [3.8, 4) is 17.0 Å². The number of carbonyl (C=O) groups is 1. The molecule has 5 heteroatoms. The van der Waals surface area contributed by atoms with Crippen molar-refractivity contribution in [2.24, 2.45) is 5.92 Å². The molecule has 0 bridgehead atoms. The molecule has 1 aromatic heterocycles. The molecule has 0 aliphatic rings. The number of aromatic nitrogens is 2. The van der Waals surface area contributed by atoms with Gasteiger partial charge in [0.15, 0.2) is 5.82 Å². The Morgan fingerprint density at radius 2 is 2.00 bits per heavy atom. The zero-order valence-corrected chi connectivity index (χ0v) is 13.4. The number of carbonyl (C=O) groups excluding carboxylic acids is 1. The maximum absolute atomic E-state index is 11.9. The molecule has 0 aliphatic heterocycles. The smallest absolute Gasteiger partial charge is 0.228 e. The number of nitrogens with zero attached hydrogens (tertiary/aromatic N) is 2. The minimum atomic E-state index is -0.0394. The van der Waals surface area contributed by atoms with Crippen LogP contribution in [0.5, 0.6) is 5.75 Å². The molecule has 1 N–H and O–H groups in total. The van der Waals surface area contributed by atoms with Gasteiger partial charge in [-0.05, 0) is 37.6 Å². The number of hydrogen-bond donors (Lipinski definition) is 1. The Bertz CT molecular complexity index is 653. The Labute approximate surface area is 130 Å². The molecule has 5 nitrogen and oxygen atoms in total. The first-order valence-corrected chi connectivity index (χ1v) is 7.34. The van der Waals surface area contributed by atoms with Crippen LogP contribution in [0.15, 0.2) is 30.5 Å². The van der Waals surface area contributed by atoms with Crippen LogP contribution in [0, 0.1) is 12.8 Å². The summed E-state index contributed by atoms with van der Waals surface area (Å²) in [5.74, 6) is 1.24.